The van der Waals surface area contributed by atoms with E-state index in [0.29, 0.717) is 33.0 Å². The van der Waals surface area contributed by atoms with Crippen LogP contribution >= 0.6 is 0 Å². The third kappa shape index (κ3) is 18.7. The Labute approximate surface area is 211 Å². The van der Waals surface area contributed by atoms with E-state index in [0.717, 1.165) is 43.4 Å². The quantitative estimate of drug-likeness (QED) is 0.253. The smallest absolute Gasteiger partial charge is 0.407 e. The van der Waals surface area contributed by atoms with E-state index in [4.69, 9.17) is 23.7 Å². The van der Waals surface area contributed by atoms with Gasteiger partial charge < -0.3 is 29.0 Å². The highest BCUT2D eigenvalue weighted by atomic mass is 16.6. The number of hydrogen-bond acceptors (Lipinski definition) is 7. The van der Waals surface area contributed by atoms with Crippen LogP contribution in [0.3, 0.4) is 0 Å². The van der Waals surface area contributed by atoms with Gasteiger partial charge >= 0.3 is 12.1 Å². The number of unbranched alkanes of at least 4 members (excludes halogenated alkanes) is 2. The summed E-state index contributed by atoms with van der Waals surface area (Å²) in [6.07, 6.45) is 4.06. The van der Waals surface area contributed by atoms with Gasteiger partial charge in [0.15, 0.2) is 0 Å². The maximum atomic E-state index is 11.7. The third-order valence-corrected chi connectivity index (χ3v) is 4.42. The molecule has 1 N–H and O–H groups in total. The minimum Gasteiger partial charge on any atom is -0.494 e. The van der Waals surface area contributed by atoms with Crippen molar-refractivity contribution in [1.29, 1.82) is 0 Å². The molecule has 0 fully saturated rings. The van der Waals surface area contributed by atoms with E-state index in [1.807, 2.05) is 65.8 Å². The van der Waals surface area contributed by atoms with Crippen molar-refractivity contribution in [2.75, 3.05) is 39.6 Å². The Morgan fingerprint density at radius 3 is 2.00 bits per heavy atom. The lowest BCUT2D eigenvalue weighted by Gasteiger charge is -2.19. The summed E-state index contributed by atoms with van der Waals surface area (Å²) in [7, 11) is 0. The average Bonchev–Trinajstić information content (AvgIpc) is 2.73. The number of alkyl carbamates (subject to hydrolysis) is 1. The van der Waals surface area contributed by atoms with Crippen LogP contribution in [0, 0.1) is 0 Å². The SMILES string of the molecule is CC(C)(C)OC(=O)COCCCOCCCCCOc1ccc(CCNC(=O)OC(C)(C)C)cc1. The molecule has 0 atom stereocenters. The van der Waals surface area contributed by atoms with Gasteiger partial charge in [0.2, 0.25) is 0 Å². The second kappa shape index (κ2) is 16.4. The van der Waals surface area contributed by atoms with Crippen molar-refractivity contribution < 1.29 is 33.3 Å². The van der Waals surface area contributed by atoms with Gasteiger partial charge in [0.05, 0.1) is 6.61 Å². The number of benzene rings is 1. The van der Waals surface area contributed by atoms with Crippen LogP contribution in [0.1, 0.15) is 72.8 Å². The predicted molar refractivity (Wildman–Crippen MR) is 136 cm³/mol. The largest absolute Gasteiger partial charge is 0.494 e. The first-order valence-corrected chi connectivity index (χ1v) is 12.5. The standard InChI is InChI=1S/C27H45NO7/c1-26(2,3)34-24(29)21-32-19-10-18-31-17-8-7-9-20-33-23-13-11-22(12-14-23)15-16-28-25(30)35-27(4,5)6/h11-14H,7-10,15-21H2,1-6H3,(H,28,30). The number of hydrogen-bond donors (Lipinski definition) is 1. The van der Waals surface area contributed by atoms with Crippen LogP contribution in [0.2, 0.25) is 0 Å². The fraction of sp³-hybridized carbons (Fsp3) is 0.704. The molecule has 1 amide bonds. The molecule has 0 saturated heterocycles. The molecule has 0 spiro atoms. The summed E-state index contributed by atoms with van der Waals surface area (Å²) in [5.41, 5.74) is 0.153. The second-order valence-electron chi connectivity index (χ2n) is 10.3. The van der Waals surface area contributed by atoms with E-state index in [1.54, 1.807) is 0 Å². The molecular weight excluding hydrogens is 450 g/mol. The van der Waals surface area contributed by atoms with Gasteiger partial charge in [-0.2, -0.15) is 0 Å². The van der Waals surface area contributed by atoms with E-state index in [2.05, 4.69) is 5.32 Å². The zero-order valence-electron chi connectivity index (χ0n) is 22.4. The van der Waals surface area contributed by atoms with E-state index in [-0.39, 0.29) is 12.6 Å². The Kier molecular flexibility index (Phi) is 14.4. The monoisotopic (exact) mass is 495 g/mol. The van der Waals surface area contributed by atoms with Crippen LogP contribution < -0.4 is 10.1 Å². The van der Waals surface area contributed by atoms with Crippen molar-refractivity contribution in [2.24, 2.45) is 0 Å². The highest BCUT2D eigenvalue weighted by Crippen LogP contribution is 2.13. The van der Waals surface area contributed by atoms with Gasteiger partial charge in [0.1, 0.15) is 23.6 Å². The topological polar surface area (TPSA) is 92.3 Å². The molecule has 0 heterocycles. The highest BCUT2D eigenvalue weighted by Gasteiger charge is 2.16. The molecule has 0 unspecified atom stereocenters. The summed E-state index contributed by atoms with van der Waals surface area (Å²) >= 11 is 0. The molecule has 0 aliphatic rings. The van der Waals surface area contributed by atoms with Crippen LogP contribution in [0.4, 0.5) is 4.79 Å². The van der Waals surface area contributed by atoms with Gasteiger partial charge in [-0.05, 0) is 91.3 Å². The molecule has 35 heavy (non-hydrogen) atoms. The van der Waals surface area contributed by atoms with Crippen molar-refractivity contribution in [3.8, 4) is 5.75 Å². The lowest BCUT2D eigenvalue weighted by Crippen LogP contribution is -2.33. The van der Waals surface area contributed by atoms with Crippen molar-refractivity contribution in [3.63, 3.8) is 0 Å². The Morgan fingerprint density at radius 2 is 1.34 bits per heavy atom. The van der Waals surface area contributed by atoms with Gasteiger partial charge in [-0.25, -0.2) is 9.59 Å². The second-order valence-corrected chi connectivity index (χ2v) is 10.3. The van der Waals surface area contributed by atoms with Crippen molar-refractivity contribution in [2.45, 2.75) is 84.8 Å². The maximum Gasteiger partial charge on any atom is 0.407 e. The van der Waals surface area contributed by atoms with E-state index >= 15 is 0 Å². The fourth-order valence-electron chi connectivity index (χ4n) is 2.94. The predicted octanol–water partition coefficient (Wildman–Crippen LogP) is 5.07. The maximum absolute atomic E-state index is 11.7. The summed E-state index contributed by atoms with van der Waals surface area (Å²) in [6, 6.07) is 7.93. The molecule has 1 rings (SSSR count). The average molecular weight is 496 g/mol. The lowest BCUT2D eigenvalue weighted by molar-refractivity contribution is -0.160. The molecule has 0 radical (unpaired) electrons. The molecule has 8 heteroatoms. The number of rotatable bonds is 16. The third-order valence-electron chi connectivity index (χ3n) is 4.42. The van der Waals surface area contributed by atoms with Crippen LogP contribution in [0.25, 0.3) is 0 Å². The van der Waals surface area contributed by atoms with E-state index in [1.165, 1.54) is 0 Å². The summed E-state index contributed by atoms with van der Waals surface area (Å²) in [6.45, 7) is 14.0. The molecular formula is C27H45NO7. The minimum atomic E-state index is -0.489. The summed E-state index contributed by atoms with van der Waals surface area (Å²) in [5, 5.41) is 2.76. The van der Waals surface area contributed by atoms with E-state index in [9.17, 15) is 9.59 Å². The molecule has 0 saturated carbocycles. The van der Waals surface area contributed by atoms with Gasteiger partial charge in [0.25, 0.3) is 0 Å². The zero-order chi connectivity index (χ0) is 26.2. The molecule has 0 aliphatic heterocycles. The van der Waals surface area contributed by atoms with Gasteiger partial charge in [-0.1, -0.05) is 12.1 Å². The fourth-order valence-corrected chi connectivity index (χ4v) is 2.94. The summed E-state index contributed by atoms with van der Waals surface area (Å²) in [5.74, 6) is 0.501. The molecule has 0 bridgehead atoms. The molecule has 1 aromatic carbocycles. The molecule has 200 valence electrons. The highest BCUT2D eigenvalue weighted by molar-refractivity contribution is 5.71. The molecule has 0 aliphatic carbocycles. The lowest BCUT2D eigenvalue weighted by atomic mass is 10.1. The Balaban J connectivity index is 1.97. The first-order chi connectivity index (χ1) is 16.4. The summed E-state index contributed by atoms with van der Waals surface area (Å²) < 4.78 is 27.1. The molecule has 8 nitrogen and oxygen atoms in total. The molecule has 1 aromatic rings. The van der Waals surface area contributed by atoms with Crippen molar-refractivity contribution in [3.05, 3.63) is 29.8 Å². The summed E-state index contributed by atoms with van der Waals surface area (Å²) in [4.78, 5) is 23.2. The zero-order valence-corrected chi connectivity index (χ0v) is 22.4. The number of ether oxygens (including phenoxy) is 5. The van der Waals surface area contributed by atoms with Crippen LogP contribution in [0.5, 0.6) is 5.75 Å². The minimum absolute atomic E-state index is 0.0225. The van der Waals surface area contributed by atoms with Crippen molar-refractivity contribution in [1.82, 2.24) is 5.32 Å². The van der Waals surface area contributed by atoms with Crippen molar-refractivity contribution >= 4 is 12.1 Å². The number of carbonyl (C=O) groups excluding carboxylic acids is 2. The van der Waals surface area contributed by atoms with Gasteiger partial charge in [0, 0.05) is 26.4 Å². The number of nitrogens with one attached hydrogen (secondary N) is 1. The Morgan fingerprint density at radius 1 is 0.743 bits per heavy atom. The van der Waals surface area contributed by atoms with Gasteiger partial charge in [-0.15, -0.1) is 0 Å². The first kappa shape index (κ1) is 30.7. The van der Waals surface area contributed by atoms with Crippen LogP contribution in [0.15, 0.2) is 24.3 Å². The van der Waals surface area contributed by atoms with Crippen LogP contribution in [-0.2, 0) is 30.2 Å². The number of amides is 1. The normalized spacial score (nSPS) is 11.7. The Bertz CT molecular complexity index is 721. The number of carbonyl (C=O) groups is 2. The van der Waals surface area contributed by atoms with Gasteiger partial charge in [-0.3, -0.25) is 0 Å². The number of esters is 1. The van der Waals surface area contributed by atoms with E-state index < -0.39 is 17.3 Å². The van der Waals surface area contributed by atoms with Crippen LogP contribution in [-0.4, -0.2) is 62.8 Å². The first-order valence-electron chi connectivity index (χ1n) is 12.5. The Hall–Kier alpha value is -2.32. The molecule has 0 aromatic heterocycles.